The van der Waals surface area contributed by atoms with Gasteiger partial charge in [0.25, 0.3) is 0 Å². The normalized spacial score (nSPS) is 21.1. The van der Waals surface area contributed by atoms with Gasteiger partial charge in [0.05, 0.1) is 5.41 Å². The molecule has 0 aromatic heterocycles. The van der Waals surface area contributed by atoms with Gasteiger partial charge in [-0.25, -0.2) is 0 Å². The third-order valence-electron chi connectivity index (χ3n) is 3.49. The molecule has 1 unspecified atom stereocenters. The van der Waals surface area contributed by atoms with Crippen LogP contribution < -0.4 is 5.73 Å². The lowest BCUT2D eigenvalue weighted by atomic mass is 9.86. The van der Waals surface area contributed by atoms with Crippen LogP contribution in [0.5, 0.6) is 0 Å². The van der Waals surface area contributed by atoms with Crippen molar-refractivity contribution in [2.45, 2.75) is 65.0 Å². The van der Waals surface area contributed by atoms with Gasteiger partial charge >= 0.3 is 5.97 Å². The highest BCUT2D eigenvalue weighted by atomic mass is 16.5. The van der Waals surface area contributed by atoms with Gasteiger partial charge < -0.3 is 10.5 Å². The predicted octanol–water partition coefficient (Wildman–Crippen LogP) is 2.24. The van der Waals surface area contributed by atoms with Gasteiger partial charge in [-0.15, -0.1) is 0 Å². The van der Waals surface area contributed by atoms with Crippen LogP contribution in [0.15, 0.2) is 0 Å². The summed E-state index contributed by atoms with van der Waals surface area (Å²) in [7, 11) is 0. The van der Waals surface area contributed by atoms with E-state index < -0.39 is 5.41 Å². The van der Waals surface area contributed by atoms with E-state index in [0.717, 1.165) is 12.8 Å². The van der Waals surface area contributed by atoms with E-state index in [4.69, 9.17) is 10.5 Å². The molecular weight excluding hydrogens is 190 g/mol. The summed E-state index contributed by atoms with van der Waals surface area (Å²) < 4.78 is 5.50. The molecule has 0 heterocycles. The largest absolute Gasteiger partial charge is 0.462 e. The first kappa shape index (κ1) is 12.5. The number of hydrogen-bond acceptors (Lipinski definition) is 3. The van der Waals surface area contributed by atoms with Crippen molar-refractivity contribution in [3.8, 4) is 0 Å². The Kier molecular flexibility index (Phi) is 4.14. The molecule has 0 radical (unpaired) electrons. The number of nitrogens with two attached hydrogens (primary N) is 1. The summed E-state index contributed by atoms with van der Waals surface area (Å²) in [5.74, 6) is -0.149. The summed E-state index contributed by atoms with van der Waals surface area (Å²) in [5, 5.41) is 0. The van der Waals surface area contributed by atoms with Crippen molar-refractivity contribution >= 4 is 5.97 Å². The van der Waals surface area contributed by atoms with Gasteiger partial charge in [0.15, 0.2) is 0 Å². The zero-order valence-electron chi connectivity index (χ0n) is 10.1. The van der Waals surface area contributed by atoms with Crippen LogP contribution in [0.4, 0.5) is 0 Å². The lowest BCUT2D eigenvalue weighted by Crippen LogP contribution is -2.43. The summed E-state index contributed by atoms with van der Waals surface area (Å²) in [4.78, 5) is 11.9. The summed E-state index contributed by atoms with van der Waals surface area (Å²) in [6.07, 6.45) is 5.78. The Hall–Kier alpha value is -0.570. The summed E-state index contributed by atoms with van der Waals surface area (Å²) in [5.41, 5.74) is 5.20. The average Bonchev–Trinajstić information content (AvgIpc) is 2.18. The first-order chi connectivity index (χ1) is 6.94. The van der Waals surface area contributed by atoms with Crippen molar-refractivity contribution in [1.82, 2.24) is 0 Å². The number of rotatable bonds is 3. The van der Waals surface area contributed by atoms with Crippen LogP contribution in [0.1, 0.15) is 52.9 Å². The number of carbonyl (C=O) groups is 1. The van der Waals surface area contributed by atoms with Crippen LogP contribution in [0, 0.1) is 5.41 Å². The van der Waals surface area contributed by atoms with E-state index in [1.165, 1.54) is 19.3 Å². The fourth-order valence-electron chi connectivity index (χ4n) is 1.67. The maximum Gasteiger partial charge on any atom is 0.313 e. The van der Waals surface area contributed by atoms with Gasteiger partial charge in [0, 0.05) is 6.04 Å². The third-order valence-corrected chi connectivity index (χ3v) is 3.49. The van der Waals surface area contributed by atoms with Gasteiger partial charge in [-0.3, -0.25) is 4.79 Å². The summed E-state index contributed by atoms with van der Waals surface area (Å²) >= 11 is 0. The average molecular weight is 213 g/mol. The minimum Gasteiger partial charge on any atom is -0.462 e. The van der Waals surface area contributed by atoms with Gasteiger partial charge in [-0.2, -0.15) is 0 Å². The van der Waals surface area contributed by atoms with E-state index in [1.54, 1.807) is 0 Å². The lowest BCUT2D eigenvalue weighted by molar-refractivity contribution is -0.162. The maximum atomic E-state index is 11.9. The topological polar surface area (TPSA) is 52.3 Å². The zero-order chi connectivity index (χ0) is 11.5. The van der Waals surface area contributed by atoms with E-state index in [2.05, 4.69) is 0 Å². The van der Waals surface area contributed by atoms with Gasteiger partial charge in [0.1, 0.15) is 6.10 Å². The van der Waals surface area contributed by atoms with Crippen molar-refractivity contribution < 1.29 is 9.53 Å². The molecule has 88 valence electrons. The molecule has 1 aliphatic carbocycles. The van der Waals surface area contributed by atoms with Crippen molar-refractivity contribution in [1.29, 1.82) is 0 Å². The summed E-state index contributed by atoms with van der Waals surface area (Å²) in [6, 6.07) is -0.173. The lowest BCUT2D eigenvalue weighted by Gasteiger charge is -2.30. The molecule has 3 nitrogen and oxygen atoms in total. The standard InChI is InChI=1S/C12H23NO2/c1-9(13)12(2,3)11(14)15-10-7-5-4-6-8-10/h9-10H,4-8,13H2,1-3H3. The third kappa shape index (κ3) is 3.20. The minimum absolute atomic E-state index is 0.129. The monoisotopic (exact) mass is 213 g/mol. The second-order valence-corrected chi connectivity index (χ2v) is 5.18. The predicted molar refractivity (Wildman–Crippen MR) is 60.4 cm³/mol. The van der Waals surface area contributed by atoms with E-state index in [-0.39, 0.29) is 18.1 Å². The molecule has 0 aromatic rings. The van der Waals surface area contributed by atoms with Crippen LogP contribution in [-0.2, 0) is 9.53 Å². The molecule has 1 rings (SSSR count). The Morgan fingerprint density at radius 3 is 2.33 bits per heavy atom. The Bertz CT molecular complexity index is 218. The number of esters is 1. The Balaban J connectivity index is 2.46. The highest BCUT2D eigenvalue weighted by Crippen LogP contribution is 2.26. The molecule has 1 atom stereocenters. The molecule has 0 saturated heterocycles. The van der Waals surface area contributed by atoms with Crippen molar-refractivity contribution in [2.24, 2.45) is 11.1 Å². The SMILES string of the molecule is CC(N)C(C)(C)C(=O)OC1CCCCC1. The Morgan fingerprint density at radius 2 is 1.87 bits per heavy atom. The molecule has 1 saturated carbocycles. The van der Waals surface area contributed by atoms with Gasteiger partial charge in [-0.05, 0) is 46.5 Å². The van der Waals surface area contributed by atoms with Crippen molar-refractivity contribution in [3.05, 3.63) is 0 Å². The van der Waals surface area contributed by atoms with Crippen LogP contribution >= 0.6 is 0 Å². The number of hydrogen-bond donors (Lipinski definition) is 1. The molecule has 1 aliphatic rings. The van der Waals surface area contributed by atoms with Crippen LogP contribution in [0.25, 0.3) is 0 Å². The smallest absolute Gasteiger partial charge is 0.313 e. The molecule has 0 aliphatic heterocycles. The van der Waals surface area contributed by atoms with Crippen LogP contribution in [0.2, 0.25) is 0 Å². The van der Waals surface area contributed by atoms with E-state index in [1.807, 2.05) is 20.8 Å². The fourth-order valence-corrected chi connectivity index (χ4v) is 1.67. The van der Waals surface area contributed by atoms with E-state index in [0.29, 0.717) is 0 Å². The minimum atomic E-state index is -0.572. The molecule has 0 bridgehead atoms. The van der Waals surface area contributed by atoms with Gasteiger partial charge in [-0.1, -0.05) is 6.42 Å². The molecule has 1 fully saturated rings. The molecule has 0 aromatic carbocycles. The molecule has 2 N–H and O–H groups in total. The Labute approximate surface area is 92.4 Å². The number of carbonyl (C=O) groups excluding carboxylic acids is 1. The second kappa shape index (κ2) is 4.97. The summed E-state index contributed by atoms with van der Waals surface area (Å²) in [6.45, 7) is 5.55. The molecule has 3 heteroatoms. The second-order valence-electron chi connectivity index (χ2n) is 5.18. The van der Waals surface area contributed by atoms with Crippen molar-refractivity contribution in [3.63, 3.8) is 0 Å². The van der Waals surface area contributed by atoms with Crippen LogP contribution in [0.3, 0.4) is 0 Å². The molecular formula is C12H23NO2. The number of ether oxygens (including phenoxy) is 1. The van der Waals surface area contributed by atoms with E-state index >= 15 is 0 Å². The molecule has 15 heavy (non-hydrogen) atoms. The molecule has 0 amide bonds. The zero-order valence-corrected chi connectivity index (χ0v) is 10.1. The first-order valence-electron chi connectivity index (χ1n) is 5.91. The van der Waals surface area contributed by atoms with Gasteiger partial charge in [0.2, 0.25) is 0 Å². The highest BCUT2D eigenvalue weighted by molar-refractivity contribution is 5.76. The van der Waals surface area contributed by atoms with Crippen LogP contribution in [-0.4, -0.2) is 18.1 Å². The van der Waals surface area contributed by atoms with Crippen molar-refractivity contribution in [2.75, 3.05) is 0 Å². The van der Waals surface area contributed by atoms with E-state index in [9.17, 15) is 4.79 Å². The highest BCUT2D eigenvalue weighted by Gasteiger charge is 2.35. The maximum absolute atomic E-state index is 11.9. The fraction of sp³-hybridized carbons (Fsp3) is 0.917. The Morgan fingerprint density at radius 1 is 1.33 bits per heavy atom. The first-order valence-corrected chi connectivity index (χ1v) is 5.91. The quantitative estimate of drug-likeness (QED) is 0.731. The molecule has 0 spiro atoms.